The first-order valence-electron chi connectivity index (χ1n) is 7.61. The maximum Gasteiger partial charge on any atom is 0.216 e. The van der Waals surface area contributed by atoms with Gasteiger partial charge in [-0.1, -0.05) is 29.8 Å². The molecule has 0 aliphatic heterocycles. The molecule has 0 bridgehead atoms. The number of nitrogens with one attached hydrogen (secondary N) is 1. The summed E-state index contributed by atoms with van der Waals surface area (Å²) in [6.45, 7) is 7.72. The molecule has 1 atom stereocenters. The minimum Gasteiger partial charge on any atom is -0.212 e. The quantitative estimate of drug-likeness (QED) is 0.838. The lowest BCUT2D eigenvalue weighted by atomic mass is 9.97. The van der Waals surface area contributed by atoms with Gasteiger partial charge in [-0.25, -0.2) is 17.5 Å². The molecule has 3 nitrogen and oxygen atoms in total. The third-order valence-electron chi connectivity index (χ3n) is 4.10. The van der Waals surface area contributed by atoms with Crippen LogP contribution in [0, 0.1) is 26.6 Å². The SMILES string of the molecule is Cc1cc(C)c([C@H](C)NS(=O)(=O)Cc2c(F)cccc2Cl)cc1C. The third-order valence-corrected chi connectivity index (χ3v) is 5.84. The molecule has 0 fully saturated rings. The van der Waals surface area contributed by atoms with Crippen molar-refractivity contribution in [1.82, 2.24) is 4.72 Å². The largest absolute Gasteiger partial charge is 0.216 e. The zero-order chi connectivity index (χ0) is 18.1. The molecule has 0 aromatic heterocycles. The first-order valence-corrected chi connectivity index (χ1v) is 9.64. The molecule has 0 radical (unpaired) electrons. The van der Waals surface area contributed by atoms with Gasteiger partial charge in [-0.15, -0.1) is 0 Å². The van der Waals surface area contributed by atoms with Crippen molar-refractivity contribution < 1.29 is 12.8 Å². The van der Waals surface area contributed by atoms with Gasteiger partial charge < -0.3 is 0 Å². The van der Waals surface area contributed by atoms with Crippen molar-refractivity contribution >= 4 is 21.6 Å². The molecule has 2 aromatic rings. The topological polar surface area (TPSA) is 46.2 Å². The highest BCUT2D eigenvalue weighted by molar-refractivity contribution is 7.88. The Morgan fingerprint density at radius 3 is 2.38 bits per heavy atom. The van der Waals surface area contributed by atoms with Gasteiger partial charge in [0.05, 0.1) is 5.75 Å². The van der Waals surface area contributed by atoms with Crippen LogP contribution < -0.4 is 4.72 Å². The molecule has 24 heavy (non-hydrogen) atoms. The van der Waals surface area contributed by atoms with E-state index < -0.39 is 27.6 Å². The molecule has 0 saturated carbocycles. The van der Waals surface area contributed by atoms with Crippen LogP contribution in [0.1, 0.15) is 40.8 Å². The lowest BCUT2D eigenvalue weighted by molar-refractivity contribution is 0.561. The minimum absolute atomic E-state index is 0.0179. The smallest absolute Gasteiger partial charge is 0.212 e. The molecule has 0 saturated heterocycles. The Bertz CT molecular complexity index is 845. The van der Waals surface area contributed by atoms with Crippen LogP contribution in [0.5, 0.6) is 0 Å². The lowest BCUT2D eigenvalue weighted by Gasteiger charge is -2.19. The summed E-state index contributed by atoms with van der Waals surface area (Å²) in [5, 5.41) is 0.107. The summed E-state index contributed by atoms with van der Waals surface area (Å²) < 4.78 is 41.3. The van der Waals surface area contributed by atoms with Gasteiger partial charge >= 0.3 is 0 Å². The first kappa shape index (κ1) is 18.9. The van der Waals surface area contributed by atoms with E-state index in [1.54, 1.807) is 6.92 Å². The van der Waals surface area contributed by atoms with E-state index in [0.29, 0.717) is 0 Å². The van der Waals surface area contributed by atoms with Crippen LogP contribution >= 0.6 is 11.6 Å². The summed E-state index contributed by atoms with van der Waals surface area (Å²) in [7, 11) is -3.74. The summed E-state index contributed by atoms with van der Waals surface area (Å²) in [6.07, 6.45) is 0. The predicted molar refractivity (Wildman–Crippen MR) is 96.2 cm³/mol. The highest BCUT2D eigenvalue weighted by Gasteiger charge is 2.21. The summed E-state index contributed by atoms with van der Waals surface area (Å²) in [6, 6.07) is 7.72. The van der Waals surface area contributed by atoms with E-state index in [1.165, 1.54) is 18.2 Å². The van der Waals surface area contributed by atoms with Gasteiger partial charge in [-0.3, -0.25) is 0 Å². The number of halogens is 2. The van der Waals surface area contributed by atoms with E-state index in [-0.39, 0.29) is 10.6 Å². The number of hydrogen-bond acceptors (Lipinski definition) is 2. The van der Waals surface area contributed by atoms with Crippen molar-refractivity contribution in [3.05, 3.63) is 69.0 Å². The second-order valence-electron chi connectivity index (χ2n) is 6.09. The minimum atomic E-state index is -3.74. The molecule has 0 amide bonds. The Morgan fingerprint density at radius 2 is 1.75 bits per heavy atom. The summed E-state index contributed by atoms with van der Waals surface area (Å²) in [5.74, 6) is -1.12. The zero-order valence-electron chi connectivity index (χ0n) is 14.2. The Hall–Kier alpha value is -1.43. The molecule has 0 aliphatic rings. The average molecular weight is 370 g/mol. The van der Waals surface area contributed by atoms with Crippen LogP contribution in [0.2, 0.25) is 5.02 Å². The Morgan fingerprint density at radius 1 is 1.12 bits per heavy atom. The third kappa shape index (κ3) is 4.35. The van der Waals surface area contributed by atoms with Crippen molar-refractivity contribution in [2.75, 3.05) is 0 Å². The van der Waals surface area contributed by atoms with E-state index in [2.05, 4.69) is 4.72 Å². The van der Waals surface area contributed by atoms with Crippen molar-refractivity contribution in [3.8, 4) is 0 Å². The van der Waals surface area contributed by atoms with E-state index in [9.17, 15) is 12.8 Å². The van der Waals surface area contributed by atoms with E-state index in [1.807, 2.05) is 32.9 Å². The zero-order valence-corrected chi connectivity index (χ0v) is 15.7. The van der Waals surface area contributed by atoms with Gasteiger partial charge in [0, 0.05) is 16.6 Å². The van der Waals surface area contributed by atoms with Gasteiger partial charge in [0.15, 0.2) is 0 Å². The standard InChI is InChI=1S/C18H21ClFNO2S/c1-11-8-13(3)15(9-12(11)2)14(4)21-24(22,23)10-16-17(19)6-5-7-18(16)20/h5-9,14,21H,10H2,1-4H3/t14-/m0/s1. The molecule has 2 aromatic carbocycles. The van der Waals surface area contributed by atoms with Gasteiger partial charge in [0.25, 0.3) is 0 Å². The van der Waals surface area contributed by atoms with Gasteiger partial charge in [-0.05, 0) is 62.1 Å². The molecular formula is C18H21ClFNO2S. The van der Waals surface area contributed by atoms with Crippen molar-refractivity contribution in [2.24, 2.45) is 0 Å². The molecule has 0 spiro atoms. The van der Waals surface area contributed by atoms with Crippen LogP contribution in [0.25, 0.3) is 0 Å². The molecular weight excluding hydrogens is 349 g/mol. The fraction of sp³-hybridized carbons (Fsp3) is 0.333. The number of rotatable bonds is 5. The molecule has 2 rings (SSSR count). The fourth-order valence-electron chi connectivity index (χ4n) is 2.68. The fourth-order valence-corrected chi connectivity index (χ4v) is 4.42. The monoisotopic (exact) mass is 369 g/mol. The highest BCUT2D eigenvalue weighted by Crippen LogP contribution is 2.25. The van der Waals surface area contributed by atoms with E-state index in [0.717, 1.165) is 22.3 Å². The molecule has 1 N–H and O–H groups in total. The average Bonchev–Trinajstić information content (AvgIpc) is 2.46. The summed E-state index contributed by atoms with van der Waals surface area (Å²) in [5.41, 5.74) is 4.15. The Balaban J connectivity index is 2.25. The normalized spacial score (nSPS) is 13.1. The highest BCUT2D eigenvalue weighted by atomic mass is 35.5. The summed E-state index contributed by atoms with van der Waals surface area (Å²) in [4.78, 5) is 0. The van der Waals surface area contributed by atoms with Crippen LogP contribution in [-0.2, 0) is 15.8 Å². The number of benzene rings is 2. The maximum atomic E-state index is 13.8. The van der Waals surface area contributed by atoms with Crippen molar-refractivity contribution in [2.45, 2.75) is 39.5 Å². The molecule has 130 valence electrons. The van der Waals surface area contributed by atoms with Crippen LogP contribution in [0.15, 0.2) is 30.3 Å². The second kappa shape index (κ2) is 7.21. The predicted octanol–water partition coefficient (Wildman–Crippen LogP) is 4.58. The molecule has 0 unspecified atom stereocenters. The van der Waals surface area contributed by atoms with Crippen LogP contribution in [0.4, 0.5) is 4.39 Å². The van der Waals surface area contributed by atoms with Gasteiger partial charge in [0.1, 0.15) is 5.82 Å². The Kier molecular flexibility index (Phi) is 5.68. The van der Waals surface area contributed by atoms with Crippen LogP contribution in [0.3, 0.4) is 0 Å². The first-order chi connectivity index (χ1) is 11.1. The number of hydrogen-bond donors (Lipinski definition) is 1. The lowest BCUT2D eigenvalue weighted by Crippen LogP contribution is -2.29. The molecule has 0 aliphatic carbocycles. The number of aryl methyl sites for hydroxylation is 3. The van der Waals surface area contributed by atoms with Gasteiger partial charge in [-0.2, -0.15) is 0 Å². The summed E-state index contributed by atoms with van der Waals surface area (Å²) >= 11 is 5.92. The molecule has 0 heterocycles. The molecule has 6 heteroatoms. The maximum absolute atomic E-state index is 13.8. The Labute approximate surface area is 147 Å². The van der Waals surface area contributed by atoms with Crippen molar-refractivity contribution in [1.29, 1.82) is 0 Å². The second-order valence-corrected chi connectivity index (χ2v) is 8.25. The number of sulfonamides is 1. The van der Waals surface area contributed by atoms with E-state index in [4.69, 9.17) is 11.6 Å². The van der Waals surface area contributed by atoms with Crippen LogP contribution in [-0.4, -0.2) is 8.42 Å². The van der Waals surface area contributed by atoms with Crippen molar-refractivity contribution in [3.63, 3.8) is 0 Å². The van der Waals surface area contributed by atoms with Gasteiger partial charge in [0.2, 0.25) is 10.0 Å². The van der Waals surface area contributed by atoms with E-state index >= 15 is 0 Å².